The summed E-state index contributed by atoms with van der Waals surface area (Å²) in [5, 5.41) is 0. The van der Waals surface area contributed by atoms with E-state index in [0.29, 0.717) is 12.0 Å². The van der Waals surface area contributed by atoms with Crippen LogP contribution >= 0.6 is 0 Å². The number of hydrogen-bond donors (Lipinski definition) is 0. The molecule has 0 aromatic carbocycles. The molecule has 6 nitrogen and oxygen atoms in total. The van der Waals surface area contributed by atoms with Crippen molar-refractivity contribution in [1.82, 2.24) is 9.80 Å². The first-order valence-corrected chi connectivity index (χ1v) is 18.7. The number of ether oxygens (including phenoxy) is 4. The average molecular weight is 627 g/mol. The lowest BCUT2D eigenvalue weighted by molar-refractivity contribution is -0.0534. The van der Waals surface area contributed by atoms with Crippen molar-refractivity contribution >= 4 is 0 Å². The molecule has 264 valence electrons. The minimum absolute atomic E-state index is 0.554. The molecule has 5 aliphatic heterocycles. The zero-order chi connectivity index (χ0) is 32.9. The van der Waals surface area contributed by atoms with E-state index in [1.54, 1.807) is 0 Å². The molecule has 0 amide bonds. The van der Waals surface area contributed by atoms with Crippen LogP contribution in [-0.2, 0) is 18.9 Å². The van der Waals surface area contributed by atoms with Crippen LogP contribution in [0.4, 0.5) is 0 Å². The molecule has 5 saturated heterocycles. The van der Waals surface area contributed by atoms with Gasteiger partial charge in [-0.1, -0.05) is 55.4 Å². The maximum absolute atomic E-state index is 5.54. The van der Waals surface area contributed by atoms with Crippen LogP contribution in [0.3, 0.4) is 0 Å². The monoisotopic (exact) mass is 627 g/mol. The Balaban J connectivity index is 0.000000276. The average Bonchev–Trinajstić information content (AvgIpc) is 2.99. The van der Waals surface area contributed by atoms with Crippen LogP contribution in [0.15, 0.2) is 0 Å². The van der Waals surface area contributed by atoms with Crippen LogP contribution in [0.1, 0.15) is 114 Å². The van der Waals surface area contributed by atoms with Gasteiger partial charge in [-0.15, -0.1) is 0 Å². The lowest BCUT2D eigenvalue weighted by Crippen LogP contribution is -2.47. The fourth-order valence-electron chi connectivity index (χ4n) is 5.94. The summed E-state index contributed by atoms with van der Waals surface area (Å²) in [6.45, 7) is 34.6. The first-order chi connectivity index (χ1) is 20.9. The molecular weight excluding hydrogens is 548 g/mol. The van der Waals surface area contributed by atoms with Crippen molar-refractivity contribution in [1.29, 1.82) is 0 Å². The van der Waals surface area contributed by atoms with Crippen molar-refractivity contribution < 1.29 is 18.9 Å². The normalized spacial score (nSPS) is 25.6. The summed E-state index contributed by atoms with van der Waals surface area (Å²) in [5.41, 5.74) is 0. The van der Waals surface area contributed by atoms with Gasteiger partial charge in [0, 0.05) is 71.2 Å². The van der Waals surface area contributed by atoms with E-state index in [1.165, 1.54) is 71.1 Å². The molecule has 2 atom stereocenters. The Bertz CT molecular complexity index is 574. The lowest BCUT2D eigenvalue weighted by atomic mass is 9.89. The molecule has 0 bridgehead atoms. The Morgan fingerprint density at radius 3 is 1.34 bits per heavy atom. The number of rotatable bonds is 5. The van der Waals surface area contributed by atoms with E-state index in [9.17, 15) is 0 Å². The summed E-state index contributed by atoms with van der Waals surface area (Å²) >= 11 is 0. The Morgan fingerprint density at radius 1 is 0.477 bits per heavy atom. The van der Waals surface area contributed by atoms with Crippen LogP contribution in [0.5, 0.6) is 0 Å². The lowest BCUT2D eigenvalue weighted by Gasteiger charge is -2.34. The van der Waals surface area contributed by atoms with Gasteiger partial charge < -0.3 is 23.8 Å². The van der Waals surface area contributed by atoms with Gasteiger partial charge in [0.25, 0.3) is 0 Å². The molecule has 0 radical (unpaired) electrons. The maximum Gasteiger partial charge on any atom is 0.0598 e. The molecule has 5 heterocycles. The Morgan fingerprint density at radius 2 is 1.05 bits per heavy atom. The number of likely N-dealkylation sites (N-methyl/N-ethyl adjacent to an activating group) is 1. The zero-order valence-corrected chi connectivity index (χ0v) is 31.5. The largest absolute Gasteiger partial charge is 0.381 e. The smallest absolute Gasteiger partial charge is 0.0598 e. The Labute approximate surface area is 275 Å². The third-order valence-corrected chi connectivity index (χ3v) is 10.2. The Hall–Kier alpha value is -0.240. The molecule has 5 aliphatic rings. The molecule has 0 aromatic heterocycles. The zero-order valence-electron chi connectivity index (χ0n) is 31.5. The molecule has 44 heavy (non-hydrogen) atoms. The van der Waals surface area contributed by atoms with E-state index < -0.39 is 0 Å². The minimum Gasteiger partial charge on any atom is -0.381 e. The van der Waals surface area contributed by atoms with E-state index in [4.69, 9.17) is 18.9 Å². The van der Waals surface area contributed by atoms with E-state index in [0.717, 1.165) is 87.8 Å². The summed E-state index contributed by atoms with van der Waals surface area (Å²) in [4.78, 5) is 4.92. The van der Waals surface area contributed by atoms with Gasteiger partial charge in [-0.2, -0.15) is 0 Å². The van der Waals surface area contributed by atoms with E-state index in [1.807, 2.05) is 0 Å². The molecule has 5 rings (SSSR count). The van der Waals surface area contributed by atoms with Gasteiger partial charge in [0.1, 0.15) is 0 Å². The van der Waals surface area contributed by atoms with Gasteiger partial charge in [-0.3, -0.25) is 4.90 Å². The fourth-order valence-corrected chi connectivity index (χ4v) is 5.94. The van der Waals surface area contributed by atoms with Crippen molar-refractivity contribution in [3.63, 3.8) is 0 Å². The van der Waals surface area contributed by atoms with E-state index in [2.05, 4.69) is 86.1 Å². The fraction of sp³-hybridized carbons (Fsp3) is 1.00. The van der Waals surface area contributed by atoms with Gasteiger partial charge >= 0.3 is 0 Å². The molecule has 0 spiro atoms. The van der Waals surface area contributed by atoms with Crippen LogP contribution in [0, 0.1) is 41.4 Å². The van der Waals surface area contributed by atoms with E-state index in [-0.39, 0.29) is 0 Å². The van der Waals surface area contributed by atoms with Crippen molar-refractivity contribution in [3.05, 3.63) is 0 Å². The van der Waals surface area contributed by atoms with Gasteiger partial charge in [0.15, 0.2) is 0 Å². The molecule has 0 N–H and O–H groups in total. The van der Waals surface area contributed by atoms with Gasteiger partial charge in [-0.05, 0) is 101 Å². The summed E-state index contributed by atoms with van der Waals surface area (Å²) in [6.07, 6.45) is 9.65. The third-order valence-electron chi connectivity index (χ3n) is 10.2. The quantitative estimate of drug-likeness (QED) is 0.306. The SMILES string of the molecule is CC(C)C1CCCCO1.CC(C)C1CCCOC1.CC(C)C1CCOCC1.CC(C)C1COC1.CC(C)N1CCN(C)CC1. The predicted molar refractivity (Wildman–Crippen MR) is 189 cm³/mol. The van der Waals surface area contributed by atoms with Crippen molar-refractivity contribution in [2.24, 2.45) is 41.4 Å². The third kappa shape index (κ3) is 19.4. The first-order valence-electron chi connectivity index (χ1n) is 18.7. The summed E-state index contributed by atoms with van der Waals surface area (Å²) in [6, 6.07) is 0.730. The highest BCUT2D eigenvalue weighted by atomic mass is 16.5. The first kappa shape index (κ1) is 41.8. The second-order valence-corrected chi connectivity index (χ2v) is 15.5. The molecule has 0 aromatic rings. The number of nitrogens with zero attached hydrogens (tertiary/aromatic N) is 2. The van der Waals surface area contributed by atoms with Crippen LogP contribution < -0.4 is 0 Å². The summed E-state index contributed by atoms with van der Waals surface area (Å²) < 4.78 is 21.1. The minimum atomic E-state index is 0.554. The highest BCUT2D eigenvalue weighted by Gasteiger charge is 2.21. The topological polar surface area (TPSA) is 43.4 Å². The predicted octanol–water partition coefficient (Wildman–Crippen LogP) is 8.28. The molecule has 2 unspecified atom stereocenters. The van der Waals surface area contributed by atoms with Gasteiger partial charge in [-0.25, -0.2) is 0 Å². The van der Waals surface area contributed by atoms with Crippen molar-refractivity contribution in [2.45, 2.75) is 126 Å². The molecule has 6 heteroatoms. The molecule has 0 saturated carbocycles. The second kappa shape index (κ2) is 24.9. The number of piperazine rings is 1. The second-order valence-electron chi connectivity index (χ2n) is 15.5. The molecular formula is C38H78N2O4. The Kier molecular flexibility index (Phi) is 23.6. The van der Waals surface area contributed by atoms with Crippen LogP contribution in [-0.4, -0.2) is 101 Å². The van der Waals surface area contributed by atoms with Crippen molar-refractivity contribution in [3.8, 4) is 0 Å². The molecule has 0 aliphatic carbocycles. The van der Waals surface area contributed by atoms with Gasteiger partial charge in [0.05, 0.1) is 19.3 Å². The summed E-state index contributed by atoms with van der Waals surface area (Å²) in [5.74, 6) is 5.83. The highest BCUT2D eigenvalue weighted by molar-refractivity contribution is 4.72. The standard InChI is InChI=1S/C8H18N2.3C8H16O.C6H12O/c1-8(2)10-6-4-9(3)5-7-10;1-7(2)8-3-5-9-6-4-8;1-7(2)8-4-3-5-9-6-8;1-7(2)8-5-3-4-6-9-8;1-5(2)6-3-7-4-6/h8H,4-7H2,1-3H3;3*7-8H,3-6H2,1-2H3;5-6H,3-4H2,1-2H3. The number of hydrogen-bond acceptors (Lipinski definition) is 6. The van der Waals surface area contributed by atoms with Crippen LogP contribution in [0.25, 0.3) is 0 Å². The van der Waals surface area contributed by atoms with Gasteiger partial charge in [0.2, 0.25) is 0 Å². The maximum atomic E-state index is 5.54. The van der Waals surface area contributed by atoms with Crippen molar-refractivity contribution in [2.75, 3.05) is 79.5 Å². The van der Waals surface area contributed by atoms with Crippen LogP contribution in [0.2, 0.25) is 0 Å². The van der Waals surface area contributed by atoms with E-state index >= 15 is 0 Å². The highest BCUT2D eigenvalue weighted by Crippen LogP contribution is 2.23. The summed E-state index contributed by atoms with van der Waals surface area (Å²) in [7, 11) is 2.19. The molecule has 5 fully saturated rings.